The van der Waals surface area contributed by atoms with Crippen LogP contribution in [0.15, 0.2) is 146 Å². The second kappa shape index (κ2) is 9.24. The zero-order valence-corrected chi connectivity index (χ0v) is 23.8. The van der Waals surface area contributed by atoms with Gasteiger partial charge in [-0.05, 0) is 95.6 Å². The summed E-state index contributed by atoms with van der Waals surface area (Å²) in [5.74, 6) is 0. The van der Waals surface area contributed by atoms with Gasteiger partial charge in [0.2, 0.25) is 0 Å². The molecule has 0 spiro atoms. The SMILES string of the molecule is Cc1nccc2c(-c3ccc4c5c(cccc35)-c3c-4c(-c4ccccc4)c4ccccc4c3-c3ccccc3)cccc12. The Hall–Kier alpha value is -5.53. The van der Waals surface area contributed by atoms with Crippen LogP contribution in [0.1, 0.15) is 5.69 Å². The summed E-state index contributed by atoms with van der Waals surface area (Å²) in [5.41, 5.74) is 14.0. The molecule has 7 aromatic carbocycles. The standard InChI is InChI=1S/C42H27N/c1-26-29-18-10-19-30(32(29)24-25-43-26)31-22-23-37-40-33(31)20-11-21-36(40)41-38(27-12-4-2-5-13-27)34-16-8-9-17-35(34)39(42(37)41)28-14-6-3-7-15-28/h2-25H,1H3. The van der Waals surface area contributed by atoms with Crippen molar-refractivity contribution in [2.45, 2.75) is 6.92 Å². The van der Waals surface area contributed by atoms with Crippen molar-refractivity contribution in [1.82, 2.24) is 4.98 Å². The Morgan fingerprint density at radius 3 is 1.49 bits per heavy atom. The normalized spacial score (nSPS) is 11.8. The summed E-state index contributed by atoms with van der Waals surface area (Å²) in [6.45, 7) is 2.09. The van der Waals surface area contributed by atoms with Crippen LogP contribution in [0.4, 0.5) is 0 Å². The van der Waals surface area contributed by atoms with Crippen LogP contribution in [0.5, 0.6) is 0 Å². The average Bonchev–Trinajstić information content (AvgIpc) is 3.39. The number of fused-ring (bicyclic) bond motifs is 5. The fourth-order valence-electron chi connectivity index (χ4n) is 7.43. The molecule has 0 fully saturated rings. The van der Waals surface area contributed by atoms with Crippen molar-refractivity contribution in [3.8, 4) is 55.6 Å². The maximum absolute atomic E-state index is 4.57. The Morgan fingerprint density at radius 2 is 0.837 bits per heavy atom. The lowest BCUT2D eigenvalue weighted by atomic mass is 9.82. The molecule has 1 nitrogen and oxygen atoms in total. The third-order valence-electron chi connectivity index (χ3n) is 9.22. The highest BCUT2D eigenvalue weighted by Gasteiger charge is 2.31. The van der Waals surface area contributed by atoms with Gasteiger partial charge in [-0.25, -0.2) is 0 Å². The maximum Gasteiger partial charge on any atom is 0.0451 e. The topological polar surface area (TPSA) is 12.9 Å². The van der Waals surface area contributed by atoms with Gasteiger partial charge in [-0.1, -0.05) is 133 Å². The Bertz CT molecular complexity index is 2290. The van der Waals surface area contributed by atoms with Gasteiger partial charge in [-0.3, -0.25) is 4.98 Å². The van der Waals surface area contributed by atoms with Crippen molar-refractivity contribution < 1.29 is 0 Å². The number of hydrogen-bond donors (Lipinski definition) is 0. The molecule has 1 heterocycles. The van der Waals surface area contributed by atoms with E-state index >= 15 is 0 Å². The summed E-state index contributed by atoms with van der Waals surface area (Å²) < 4.78 is 0. The average molecular weight is 546 g/mol. The van der Waals surface area contributed by atoms with Crippen LogP contribution in [-0.4, -0.2) is 4.98 Å². The van der Waals surface area contributed by atoms with Crippen LogP contribution in [-0.2, 0) is 0 Å². The predicted molar refractivity (Wildman–Crippen MR) is 182 cm³/mol. The first-order valence-electron chi connectivity index (χ1n) is 14.9. The molecule has 0 aliphatic heterocycles. The zero-order chi connectivity index (χ0) is 28.5. The van der Waals surface area contributed by atoms with Crippen LogP contribution >= 0.6 is 0 Å². The lowest BCUT2D eigenvalue weighted by Crippen LogP contribution is -1.93. The molecule has 0 atom stereocenters. The Balaban J connectivity index is 1.46. The van der Waals surface area contributed by atoms with Gasteiger partial charge in [0.1, 0.15) is 0 Å². The van der Waals surface area contributed by atoms with Crippen LogP contribution in [0.25, 0.3) is 88.0 Å². The molecular formula is C42H27N. The Morgan fingerprint density at radius 1 is 0.349 bits per heavy atom. The molecule has 1 heteroatoms. The van der Waals surface area contributed by atoms with Crippen LogP contribution in [0, 0.1) is 6.92 Å². The molecular weight excluding hydrogens is 518 g/mol. The molecule has 1 aliphatic rings. The minimum atomic E-state index is 1.06. The molecule has 200 valence electrons. The van der Waals surface area contributed by atoms with Crippen molar-refractivity contribution in [2.24, 2.45) is 0 Å². The summed E-state index contributed by atoms with van der Waals surface area (Å²) in [6.07, 6.45) is 1.93. The van der Waals surface area contributed by atoms with E-state index in [9.17, 15) is 0 Å². The number of aryl methyl sites for hydroxylation is 1. The van der Waals surface area contributed by atoms with Gasteiger partial charge in [0.25, 0.3) is 0 Å². The van der Waals surface area contributed by atoms with Gasteiger partial charge in [-0.2, -0.15) is 0 Å². The molecule has 0 amide bonds. The van der Waals surface area contributed by atoms with Gasteiger partial charge in [-0.15, -0.1) is 0 Å². The highest BCUT2D eigenvalue weighted by atomic mass is 14.7. The third-order valence-corrected chi connectivity index (χ3v) is 9.22. The summed E-state index contributed by atoms with van der Waals surface area (Å²) >= 11 is 0. The largest absolute Gasteiger partial charge is 0.261 e. The van der Waals surface area contributed by atoms with Crippen LogP contribution < -0.4 is 0 Å². The van der Waals surface area contributed by atoms with Crippen LogP contribution in [0.2, 0.25) is 0 Å². The van der Waals surface area contributed by atoms with E-state index < -0.39 is 0 Å². The molecule has 1 aromatic heterocycles. The highest BCUT2D eigenvalue weighted by molar-refractivity contribution is 6.29. The molecule has 0 saturated carbocycles. The minimum Gasteiger partial charge on any atom is -0.261 e. The number of aromatic nitrogens is 1. The van der Waals surface area contributed by atoms with E-state index in [2.05, 4.69) is 151 Å². The van der Waals surface area contributed by atoms with Crippen molar-refractivity contribution >= 4 is 32.3 Å². The van der Waals surface area contributed by atoms with E-state index in [0.29, 0.717) is 0 Å². The smallest absolute Gasteiger partial charge is 0.0451 e. The first kappa shape index (κ1) is 24.1. The molecule has 8 aromatic rings. The van der Waals surface area contributed by atoms with E-state index in [-0.39, 0.29) is 0 Å². The summed E-state index contributed by atoms with van der Waals surface area (Å²) in [5, 5.41) is 7.64. The lowest BCUT2D eigenvalue weighted by Gasteiger charge is -2.20. The highest BCUT2D eigenvalue weighted by Crippen LogP contribution is 2.58. The fraction of sp³-hybridized carbons (Fsp3) is 0.0238. The van der Waals surface area contributed by atoms with Gasteiger partial charge in [0, 0.05) is 17.3 Å². The first-order valence-corrected chi connectivity index (χ1v) is 14.9. The van der Waals surface area contributed by atoms with E-state index in [0.717, 1.165) is 5.69 Å². The second-order valence-corrected chi connectivity index (χ2v) is 11.5. The maximum atomic E-state index is 4.57. The molecule has 0 saturated heterocycles. The first-order chi connectivity index (χ1) is 21.3. The lowest BCUT2D eigenvalue weighted by molar-refractivity contribution is 1.24. The third kappa shape index (κ3) is 3.43. The van der Waals surface area contributed by atoms with E-state index in [4.69, 9.17) is 0 Å². The molecule has 0 N–H and O–H groups in total. The van der Waals surface area contributed by atoms with E-state index in [1.165, 1.54) is 88.0 Å². The Labute approximate surface area is 250 Å². The number of rotatable bonds is 3. The van der Waals surface area contributed by atoms with E-state index in [1.807, 2.05) is 6.20 Å². The number of nitrogens with zero attached hydrogens (tertiary/aromatic N) is 1. The molecule has 0 unspecified atom stereocenters. The minimum absolute atomic E-state index is 1.06. The van der Waals surface area contributed by atoms with Gasteiger partial charge in [0.05, 0.1) is 0 Å². The Kier molecular flexibility index (Phi) is 5.18. The van der Waals surface area contributed by atoms with Crippen molar-refractivity contribution in [3.63, 3.8) is 0 Å². The van der Waals surface area contributed by atoms with Crippen LogP contribution in [0.3, 0.4) is 0 Å². The quantitative estimate of drug-likeness (QED) is 0.215. The summed E-state index contributed by atoms with van der Waals surface area (Å²) in [7, 11) is 0. The number of hydrogen-bond acceptors (Lipinski definition) is 1. The number of pyridine rings is 1. The molecule has 9 rings (SSSR count). The van der Waals surface area contributed by atoms with Gasteiger partial charge >= 0.3 is 0 Å². The molecule has 0 bridgehead atoms. The second-order valence-electron chi connectivity index (χ2n) is 11.5. The summed E-state index contributed by atoms with van der Waals surface area (Å²) in [4.78, 5) is 4.57. The van der Waals surface area contributed by atoms with Gasteiger partial charge in [0.15, 0.2) is 0 Å². The number of benzene rings is 7. The van der Waals surface area contributed by atoms with Crippen molar-refractivity contribution in [2.75, 3.05) is 0 Å². The molecule has 43 heavy (non-hydrogen) atoms. The van der Waals surface area contributed by atoms with Crippen molar-refractivity contribution in [1.29, 1.82) is 0 Å². The van der Waals surface area contributed by atoms with Crippen molar-refractivity contribution in [3.05, 3.63) is 151 Å². The summed E-state index contributed by atoms with van der Waals surface area (Å²) in [6, 6.07) is 51.1. The molecule has 0 radical (unpaired) electrons. The predicted octanol–water partition coefficient (Wildman–Crippen LogP) is 11.5. The monoisotopic (exact) mass is 545 g/mol. The fourth-order valence-corrected chi connectivity index (χ4v) is 7.43. The molecule has 1 aliphatic carbocycles. The van der Waals surface area contributed by atoms with E-state index in [1.54, 1.807) is 0 Å². The zero-order valence-electron chi connectivity index (χ0n) is 23.8. The van der Waals surface area contributed by atoms with Gasteiger partial charge < -0.3 is 0 Å².